The van der Waals surface area contributed by atoms with E-state index in [9.17, 15) is 8.42 Å². The number of benzene rings is 3. The first kappa shape index (κ1) is 17.3. The van der Waals surface area contributed by atoms with Crippen molar-refractivity contribution >= 4 is 27.3 Å². The average molecular weight is 374 g/mol. The molecule has 3 aromatic rings. The molecule has 3 rings (SSSR count). The van der Waals surface area contributed by atoms with Gasteiger partial charge in [-0.25, -0.2) is 8.42 Å². The van der Waals surface area contributed by atoms with Crippen molar-refractivity contribution < 1.29 is 13.2 Å². The van der Waals surface area contributed by atoms with Gasteiger partial charge in [0.05, 0.1) is 10.6 Å². The fourth-order valence-electron chi connectivity index (χ4n) is 2.25. The third-order valence-corrected chi connectivity index (χ3v) is 5.70. The summed E-state index contributed by atoms with van der Waals surface area (Å²) in [5.41, 5.74) is 0.537. The Labute approximate surface area is 152 Å². The van der Waals surface area contributed by atoms with Crippen molar-refractivity contribution in [1.29, 1.82) is 0 Å². The molecule has 128 valence electrons. The number of hydrogen-bond donors (Lipinski definition) is 0. The maximum atomic E-state index is 12.7. The molecule has 0 atom stereocenters. The molecule has 3 aromatic carbocycles. The zero-order valence-corrected chi connectivity index (χ0v) is 15.0. The number of anilines is 1. The van der Waals surface area contributed by atoms with Gasteiger partial charge in [-0.3, -0.25) is 4.31 Å². The van der Waals surface area contributed by atoms with E-state index in [4.69, 9.17) is 16.3 Å². The first-order chi connectivity index (χ1) is 12.0. The SMILES string of the molecule is CN(c1ccc(Oc2ccccc2)cc1)S(=O)(=O)c1ccc(Cl)cc1. The molecule has 0 saturated carbocycles. The van der Waals surface area contributed by atoms with Gasteiger partial charge in [0, 0.05) is 12.1 Å². The Kier molecular flexibility index (Phi) is 4.97. The van der Waals surface area contributed by atoms with E-state index in [0.29, 0.717) is 16.5 Å². The predicted octanol–water partition coefficient (Wildman–Crippen LogP) is 4.96. The topological polar surface area (TPSA) is 46.6 Å². The Morgan fingerprint density at radius 1 is 0.800 bits per heavy atom. The molecule has 0 aromatic heterocycles. The molecule has 4 nitrogen and oxygen atoms in total. The van der Waals surface area contributed by atoms with Crippen LogP contribution in [0.2, 0.25) is 5.02 Å². The standard InChI is InChI=1S/C19H16ClNO3S/c1-21(25(22,23)19-13-7-15(20)8-14-19)16-9-11-18(12-10-16)24-17-5-3-2-4-6-17/h2-14H,1H3. The van der Waals surface area contributed by atoms with Crippen LogP contribution in [0.15, 0.2) is 83.8 Å². The van der Waals surface area contributed by atoms with E-state index >= 15 is 0 Å². The lowest BCUT2D eigenvalue weighted by atomic mass is 10.3. The molecule has 0 aliphatic heterocycles. The summed E-state index contributed by atoms with van der Waals surface area (Å²) in [6, 6.07) is 22.3. The molecule has 0 spiro atoms. The normalized spacial score (nSPS) is 11.1. The molecule has 0 saturated heterocycles. The van der Waals surface area contributed by atoms with E-state index in [0.717, 1.165) is 5.75 Å². The lowest BCUT2D eigenvalue weighted by molar-refractivity contribution is 0.482. The van der Waals surface area contributed by atoms with Crippen molar-refractivity contribution in [3.63, 3.8) is 0 Å². The number of para-hydroxylation sites is 1. The Morgan fingerprint density at radius 3 is 1.96 bits per heavy atom. The van der Waals surface area contributed by atoms with Crippen LogP contribution in [-0.4, -0.2) is 15.5 Å². The second-order valence-electron chi connectivity index (χ2n) is 5.34. The molecule has 0 aliphatic carbocycles. The third kappa shape index (κ3) is 3.95. The fraction of sp³-hybridized carbons (Fsp3) is 0.0526. The van der Waals surface area contributed by atoms with E-state index < -0.39 is 10.0 Å². The van der Waals surface area contributed by atoms with Crippen LogP contribution in [0.5, 0.6) is 11.5 Å². The number of ether oxygens (including phenoxy) is 1. The molecule has 0 heterocycles. The van der Waals surface area contributed by atoms with Crippen LogP contribution in [0.25, 0.3) is 0 Å². The lowest BCUT2D eigenvalue weighted by Crippen LogP contribution is -2.26. The molecule has 0 N–H and O–H groups in total. The molecule has 0 unspecified atom stereocenters. The van der Waals surface area contributed by atoms with Gasteiger partial charge in [-0.05, 0) is 60.7 Å². The smallest absolute Gasteiger partial charge is 0.264 e. The van der Waals surface area contributed by atoms with E-state index in [1.165, 1.54) is 23.5 Å². The lowest BCUT2D eigenvalue weighted by Gasteiger charge is -2.20. The molecule has 6 heteroatoms. The number of hydrogen-bond acceptors (Lipinski definition) is 3. The number of sulfonamides is 1. The highest BCUT2D eigenvalue weighted by Crippen LogP contribution is 2.27. The first-order valence-corrected chi connectivity index (χ1v) is 9.36. The first-order valence-electron chi connectivity index (χ1n) is 7.54. The van der Waals surface area contributed by atoms with Gasteiger partial charge < -0.3 is 4.74 Å². The molecular formula is C19H16ClNO3S. The van der Waals surface area contributed by atoms with Gasteiger partial charge in [0.2, 0.25) is 0 Å². The van der Waals surface area contributed by atoms with E-state index in [1.807, 2.05) is 30.3 Å². The summed E-state index contributed by atoms with van der Waals surface area (Å²) < 4.78 is 32.3. The number of nitrogens with zero attached hydrogens (tertiary/aromatic N) is 1. The van der Waals surface area contributed by atoms with Gasteiger partial charge in [-0.2, -0.15) is 0 Å². The summed E-state index contributed by atoms with van der Waals surface area (Å²) in [5.74, 6) is 1.35. The van der Waals surface area contributed by atoms with Crippen molar-refractivity contribution in [3.05, 3.63) is 83.9 Å². The largest absolute Gasteiger partial charge is 0.457 e. The van der Waals surface area contributed by atoms with Crippen molar-refractivity contribution in [1.82, 2.24) is 0 Å². The summed E-state index contributed by atoms with van der Waals surface area (Å²) in [7, 11) is -2.14. The fourth-order valence-corrected chi connectivity index (χ4v) is 3.57. The second-order valence-corrected chi connectivity index (χ2v) is 7.74. The van der Waals surface area contributed by atoms with E-state index in [-0.39, 0.29) is 4.90 Å². The molecule has 0 aliphatic rings. The Morgan fingerprint density at radius 2 is 1.36 bits per heavy atom. The molecule has 0 fully saturated rings. The predicted molar refractivity (Wildman–Crippen MR) is 100.0 cm³/mol. The van der Waals surface area contributed by atoms with Crippen LogP contribution in [0.1, 0.15) is 0 Å². The molecular weight excluding hydrogens is 358 g/mol. The van der Waals surface area contributed by atoms with Crippen molar-refractivity contribution in [2.45, 2.75) is 4.90 Å². The van der Waals surface area contributed by atoms with Crippen LogP contribution >= 0.6 is 11.6 Å². The zero-order chi connectivity index (χ0) is 17.9. The highest BCUT2D eigenvalue weighted by molar-refractivity contribution is 7.92. The zero-order valence-electron chi connectivity index (χ0n) is 13.5. The number of halogens is 1. The molecule has 25 heavy (non-hydrogen) atoms. The Hall–Kier alpha value is -2.50. The third-order valence-electron chi connectivity index (χ3n) is 3.65. The Balaban J connectivity index is 1.80. The minimum absolute atomic E-state index is 0.184. The van der Waals surface area contributed by atoms with Gasteiger partial charge >= 0.3 is 0 Å². The number of rotatable bonds is 5. The van der Waals surface area contributed by atoms with Crippen LogP contribution < -0.4 is 9.04 Å². The van der Waals surface area contributed by atoms with Gasteiger partial charge in [0.15, 0.2) is 0 Å². The summed E-state index contributed by atoms with van der Waals surface area (Å²) in [4.78, 5) is 0.184. The summed E-state index contributed by atoms with van der Waals surface area (Å²) in [6.07, 6.45) is 0. The monoisotopic (exact) mass is 373 g/mol. The van der Waals surface area contributed by atoms with Crippen molar-refractivity contribution in [3.8, 4) is 11.5 Å². The minimum atomic E-state index is -3.65. The highest BCUT2D eigenvalue weighted by atomic mass is 35.5. The summed E-state index contributed by atoms with van der Waals surface area (Å²) >= 11 is 5.82. The Bertz CT molecular complexity index is 940. The molecule has 0 radical (unpaired) electrons. The maximum Gasteiger partial charge on any atom is 0.264 e. The van der Waals surface area contributed by atoms with Crippen molar-refractivity contribution in [2.24, 2.45) is 0 Å². The molecule has 0 amide bonds. The van der Waals surface area contributed by atoms with E-state index in [1.54, 1.807) is 36.4 Å². The molecule has 0 bridgehead atoms. The maximum absolute atomic E-state index is 12.7. The minimum Gasteiger partial charge on any atom is -0.457 e. The summed E-state index contributed by atoms with van der Waals surface area (Å²) in [6.45, 7) is 0. The second kappa shape index (κ2) is 7.17. The van der Waals surface area contributed by atoms with Crippen LogP contribution in [0.3, 0.4) is 0 Å². The van der Waals surface area contributed by atoms with Crippen LogP contribution in [0.4, 0.5) is 5.69 Å². The summed E-state index contributed by atoms with van der Waals surface area (Å²) in [5, 5.41) is 0.490. The quantitative estimate of drug-likeness (QED) is 0.635. The average Bonchev–Trinajstić information content (AvgIpc) is 2.63. The van der Waals surface area contributed by atoms with Crippen LogP contribution in [0, 0.1) is 0 Å². The van der Waals surface area contributed by atoms with Crippen molar-refractivity contribution in [2.75, 3.05) is 11.4 Å². The van der Waals surface area contributed by atoms with Gasteiger partial charge in [0.25, 0.3) is 10.0 Å². The van der Waals surface area contributed by atoms with Gasteiger partial charge in [-0.1, -0.05) is 29.8 Å². The van der Waals surface area contributed by atoms with Gasteiger partial charge in [0.1, 0.15) is 11.5 Å². The van der Waals surface area contributed by atoms with E-state index in [2.05, 4.69) is 0 Å². The van der Waals surface area contributed by atoms with Crippen LogP contribution in [-0.2, 0) is 10.0 Å². The van der Waals surface area contributed by atoms with Gasteiger partial charge in [-0.15, -0.1) is 0 Å². The highest BCUT2D eigenvalue weighted by Gasteiger charge is 2.21.